The predicted molar refractivity (Wildman–Crippen MR) is 123 cm³/mol. The van der Waals surface area contributed by atoms with E-state index in [4.69, 9.17) is 21.1 Å². The summed E-state index contributed by atoms with van der Waals surface area (Å²) in [5.74, 6) is 0.104. The van der Waals surface area contributed by atoms with Gasteiger partial charge in [0.2, 0.25) is 0 Å². The molecule has 1 fully saturated rings. The maximum absolute atomic E-state index is 14.2. The lowest BCUT2D eigenvalue weighted by Crippen LogP contribution is -2.46. The highest BCUT2D eigenvalue weighted by Gasteiger charge is 2.29. The van der Waals surface area contributed by atoms with Crippen molar-refractivity contribution in [3.63, 3.8) is 0 Å². The van der Waals surface area contributed by atoms with Gasteiger partial charge in [0.15, 0.2) is 5.75 Å². The molecule has 0 radical (unpaired) electrons. The SMILES string of the molecule is COc1c(Cl)cc(F)cc1Nc1c(-c2ccncc2OCC2CCN2)[nH]c2c1C(=O)NCC2. The second kappa shape index (κ2) is 8.92. The van der Waals surface area contributed by atoms with E-state index >= 15 is 0 Å². The molecule has 5 rings (SSSR count). The third kappa shape index (κ3) is 4.09. The van der Waals surface area contributed by atoms with E-state index in [9.17, 15) is 9.18 Å². The number of aromatic amines is 1. The van der Waals surface area contributed by atoms with Crippen LogP contribution in [-0.2, 0) is 6.42 Å². The van der Waals surface area contributed by atoms with Crippen LogP contribution in [0.1, 0.15) is 22.5 Å². The van der Waals surface area contributed by atoms with E-state index in [2.05, 4.69) is 25.9 Å². The Labute approximate surface area is 194 Å². The van der Waals surface area contributed by atoms with Crippen molar-refractivity contribution in [2.24, 2.45) is 0 Å². The van der Waals surface area contributed by atoms with Crippen molar-refractivity contribution in [3.8, 4) is 22.8 Å². The van der Waals surface area contributed by atoms with Crippen molar-refractivity contribution in [2.75, 3.05) is 32.1 Å². The molecule has 172 valence electrons. The van der Waals surface area contributed by atoms with E-state index in [0.29, 0.717) is 54.0 Å². The number of ether oxygens (including phenoxy) is 2. The minimum absolute atomic E-state index is 0.122. The number of hydrogen-bond donors (Lipinski definition) is 4. The molecule has 2 aliphatic rings. The summed E-state index contributed by atoms with van der Waals surface area (Å²) in [4.78, 5) is 20.4. The second-order valence-corrected chi connectivity index (χ2v) is 8.36. The number of carbonyl (C=O) groups is 1. The molecule has 2 aromatic heterocycles. The van der Waals surface area contributed by atoms with Gasteiger partial charge in [0.05, 0.1) is 41.0 Å². The quantitative estimate of drug-likeness (QED) is 0.420. The Kier molecular flexibility index (Phi) is 5.82. The van der Waals surface area contributed by atoms with Gasteiger partial charge in [-0.25, -0.2) is 4.39 Å². The molecule has 1 unspecified atom stereocenters. The average Bonchev–Trinajstić information content (AvgIpc) is 3.12. The third-order valence-corrected chi connectivity index (χ3v) is 6.14. The highest BCUT2D eigenvalue weighted by molar-refractivity contribution is 6.32. The molecule has 2 aliphatic heterocycles. The number of fused-ring (bicyclic) bond motifs is 1. The van der Waals surface area contributed by atoms with Gasteiger partial charge in [-0.2, -0.15) is 0 Å². The Hall–Kier alpha value is -3.30. The lowest BCUT2D eigenvalue weighted by Gasteiger charge is -2.27. The number of amides is 1. The number of pyridine rings is 1. The van der Waals surface area contributed by atoms with Crippen molar-refractivity contribution >= 4 is 28.9 Å². The van der Waals surface area contributed by atoms with E-state index in [-0.39, 0.29) is 16.7 Å². The summed E-state index contributed by atoms with van der Waals surface area (Å²) < 4.78 is 25.6. The Morgan fingerprint density at radius 3 is 2.94 bits per heavy atom. The molecule has 4 N–H and O–H groups in total. The predicted octanol–water partition coefficient (Wildman–Crippen LogP) is 3.65. The Balaban J connectivity index is 1.61. The molecule has 0 aliphatic carbocycles. The normalized spacial score (nSPS) is 17.1. The number of H-pyrrole nitrogens is 1. The summed E-state index contributed by atoms with van der Waals surface area (Å²) in [6.45, 7) is 2.02. The minimum atomic E-state index is -0.528. The zero-order chi connectivity index (χ0) is 22.9. The Morgan fingerprint density at radius 1 is 1.33 bits per heavy atom. The van der Waals surface area contributed by atoms with E-state index in [1.807, 2.05) is 6.07 Å². The fourth-order valence-electron chi connectivity index (χ4n) is 4.08. The summed E-state index contributed by atoms with van der Waals surface area (Å²) in [7, 11) is 1.45. The molecular weight excluding hydrogens is 449 g/mol. The summed E-state index contributed by atoms with van der Waals surface area (Å²) in [5, 5.41) is 9.49. The number of benzene rings is 1. The van der Waals surface area contributed by atoms with Crippen molar-refractivity contribution in [3.05, 3.63) is 52.7 Å². The van der Waals surface area contributed by atoms with Gasteiger partial charge < -0.3 is 30.4 Å². The maximum Gasteiger partial charge on any atom is 0.255 e. The van der Waals surface area contributed by atoms with Crippen molar-refractivity contribution in [2.45, 2.75) is 18.9 Å². The molecule has 10 heteroatoms. The van der Waals surface area contributed by atoms with Gasteiger partial charge in [-0.1, -0.05) is 11.6 Å². The van der Waals surface area contributed by atoms with E-state index in [0.717, 1.165) is 24.2 Å². The zero-order valence-corrected chi connectivity index (χ0v) is 18.7. The van der Waals surface area contributed by atoms with Crippen molar-refractivity contribution < 1.29 is 18.7 Å². The molecular formula is C23H23ClFN5O3. The Morgan fingerprint density at radius 2 is 2.18 bits per heavy atom. The number of carbonyl (C=O) groups excluding carboxylic acids is 1. The number of anilines is 2. The molecule has 33 heavy (non-hydrogen) atoms. The van der Waals surface area contributed by atoms with Gasteiger partial charge in [0.1, 0.15) is 18.2 Å². The molecule has 1 amide bonds. The molecule has 3 aromatic rings. The number of methoxy groups -OCH3 is 1. The molecule has 0 bridgehead atoms. The van der Waals surface area contributed by atoms with Gasteiger partial charge in [-0.05, 0) is 25.1 Å². The average molecular weight is 472 g/mol. The first-order chi connectivity index (χ1) is 16.0. The van der Waals surface area contributed by atoms with Crippen LogP contribution < -0.4 is 25.4 Å². The first-order valence-electron chi connectivity index (χ1n) is 10.7. The highest BCUT2D eigenvalue weighted by Crippen LogP contribution is 2.43. The van der Waals surface area contributed by atoms with Crippen molar-refractivity contribution in [1.82, 2.24) is 20.6 Å². The summed E-state index contributed by atoms with van der Waals surface area (Å²) in [5.41, 5.74) is 3.40. The van der Waals surface area contributed by atoms with Crippen LogP contribution in [0.2, 0.25) is 5.02 Å². The first-order valence-corrected chi connectivity index (χ1v) is 11.1. The smallest absolute Gasteiger partial charge is 0.255 e. The maximum atomic E-state index is 14.2. The number of nitrogens with one attached hydrogen (secondary N) is 4. The fourth-order valence-corrected chi connectivity index (χ4v) is 4.37. The highest BCUT2D eigenvalue weighted by atomic mass is 35.5. The van der Waals surface area contributed by atoms with Crippen LogP contribution in [0.4, 0.5) is 15.8 Å². The number of rotatable bonds is 7. The molecule has 0 saturated carbocycles. The van der Waals surface area contributed by atoms with Crippen LogP contribution in [-0.4, -0.2) is 48.7 Å². The number of nitrogens with zero attached hydrogens (tertiary/aromatic N) is 1. The minimum Gasteiger partial charge on any atom is -0.493 e. The molecule has 1 atom stereocenters. The number of aromatic nitrogens is 2. The fraction of sp³-hybridized carbons (Fsp3) is 0.304. The summed E-state index contributed by atoms with van der Waals surface area (Å²) in [6.07, 6.45) is 4.99. The zero-order valence-electron chi connectivity index (χ0n) is 17.9. The van der Waals surface area contributed by atoms with Crippen LogP contribution in [0.3, 0.4) is 0 Å². The third-order valence-electron chi connectivity index (χ3n) is 5.86. The summed E-state index contributed by atoms with van der Waals surface area (Å²) in [6, 6.07) is 4.58. The van der Waals surface area contributed by atoms with Crippen LogP contribution in [0.15, 0.2) is 30.6 Å². The molecule has 1 saturated heterocycles. The largest absolute Gasteiger partial charge is 0.493 e. The molecule has 4 heterocycles. The number of halogens is 2. The van der Waals surface area contributed by atoms with E-state index in [1.165, 1.54) is 19.2 Å². The molecule has 0 spiro atoms. The van der Waals surface area contributed by atoms with Gasteiger partial charge in [-0.3, -0.25) is 9.78 Å². The van der Waals surface area contributed by atoms with Crippen LogP contribution in [0, 0.1) is 5.82 Å². The monoisotopic (exact) mass is 471 g/mol. The van der Waals surface area contributed by atoms with Crippen LogP contribution in [0.5, 0.6) is 11.5 Å². The van der Waals surface area contributed by atoms with E-state index < -0.39 is 5.82 Å². The topological polar surface area (TPSA) is 100 Å². The van der Waals surface area contributed by atoms with Crippen LogP contribution in [0.25, 0.3) is 11.3 Å². The van der Waals surface area contributed by atoms with E-state index in [1.54, 1.807) is 12.4 Å². The standard InChI is InChI=1S/C23H23ClFN5O3/c1-32-22-15(24)8-12(25)9-17(22)30-21-19-16(4-7-28-23(19)31)29-20(21)14-3-5-26-10-18(14)33-11-13-2-6-27-13/h3,5,8-10,13,27,29-30H,2,4,6-7,11H2,1H3,(H,28,31). The van der Waals surface area contributed by atoms with Crippen molar-refractivity contribution in [1.29, 1.82) is 0 Å². The number of hydrogen-bond acceptors (Lipinski definition) is 6. The van der Waals surface area contributed by atoms with Crippen LogP contribution >= 0.6 is 11.6 Å². The first kappa shape index (κ1) is 21.5. The second-order valence-electron chi connectivity index (χ2n) is 7.95. The molecule has 1 aromatic carbocycles. The Bertz CT molecular complexity index is 1210. The van der Waals surface area contributed by atoms with Gasteiger partial charge in [0, 0.05) is 42.5 Å². The van der Waals surface area contributed by atoms with Gasteiger partial charge in [0.25, 0.3) is 5.91 Å². The van der Waals surface area contributed by atoms with Gasteiger partial charge in [-0.15, -0.1) is 0 Å². The molecule has 8 nitrogen and oxygen atoms in total. The lowest BCUT2D eigenvalue weighted by atomic mass is 10.0. The van der Waals surface area contributed by atoms with Gasteiger partial charge >= 0.3 is 0 Å². The lowest BCUT2D eigenvalue weighted by molar-refractivity contribution is 0.0947. The summed E-state index contributed by atoms with van der Waals surface area (Å²) >= 11 is 6.19.